The van der Waals surface area contributed by atoms with Crippen LogP contribution in [-0.4, -0.2) is 90.1 Å². The van der Waals surface area contributed by atoms with E-state index in [2.05, 4.69) is 4.74 Å². The van der Waals surface area contributed by atoms with Gasteiger partial charge in [0.25, 0.3) is 5.91 Å². The second kappa shape index (κ2) is 13.2. The van der Waals surface area contributed by atoms with Crippen LogP contribution in [0.15, 0.2) is 24.3 Å². The summed E-state index contributed by atoms with van der Waals surface area (Å²) in [7, 11) is 0. The molecule has 14 heteroatoms. The second-order valence-corrected chi connectivity index (χ2v) is 10.5. The monoisotopic (exact) mass is 552 g/mol. The fourth-order valence-electron chi connectivity index (χ4n) is 3.26. The Kier molecular flexibility index (Phi) is 10.6. The summed E-state index contributed by atoms with van der Waals surface area (Å²) < 4.78 is 25.7. The minimum atomic E-state index is -1.86. The zero-order valence-electron chi connectivity index (χ0n) is 23.0. The summed E-state index contributed by atoms with van der Waals surface area (Å²) in [6, 6.07) is 5.87. The number of esters is 2. The van der Waals surface area contributed by atoms with Gasteiger partial charge in [0.15, 0.2) is 0 Å². The molecule has 1 aliphatic rings. The van der Waals surface area contributed by atoms with Crippen LogP contribution in [0.2, 0.25) is 0 Å². The molecule has 1 unspecified atom stereocenters. The van der Waals surface area contributed by atoms with E-state index in [9.17, 15) is 24.0 Å². The number of carbonyl (C=O) groups is 5. The van der Waals surface area contributed by atoms with Crippen LogP contribution in [-0.2, 0) is 28.5 Å². The summed E-state index contributed by atoms with van der Waals surface area (Å²) in [6.07, 6.45) is -3.58. The van der Waals surface area contributed by atoms with Gasteiger partial charge in [0.2, 0.25) is 0 Å². The molecule has 39 heavy (non-hydrogen) atoms. The van der Waals surface area contributed by atoms with Crippen LogP contribution in [0.3, 0.4) is 0 Å². The van der Waals surface area contributed by atoms with Crippen molar-refractivity contribution in [2.24, 2.45) is 5.84 Å². The van der Waals surface area contributed by atoms with Crippen molar-refractivity contribution in [1.82, 2.24) is 15.2 Å². The van der Waals surface area contributed by atoms with Gasteiger partial charge >= 0.3 is 30.4 Å². The number of nitrogens with zero attached hydrogens (tertiary/aromatic N) is 2. The van der Waals surface area contributed by atoms with E-state index >= 15 is 0 Å². The predicted octanol–water partition coefficient (Wildman–Crippen LogP) is 1.57. The fraction of sp³-hybridized carbons (Fsp3) is 0.560. The maximum absolute atomic E-state index is 13.1. The summed E-state index contributed by atoms with van der Waals surface area (Å²) in [4.78, 5) is 64.3. The van der Waals surface area contributed by atoms with Crippen molar-refractivity contribution in [3.63, 3.8) is 0 Å². The van der Waals surface area contributed by atoms with Gasteiger partial charge in [-0.2, -0.15) is 0 Å². The normalized spacial score (nSPS) is 14.6. The maximum atomic E-state index is 13.1. The lowest BCUT2D eigenvalue weighted by Gasteiger charge is -2.35. The van der Waals surface area contributed by atoms with Gasteiger partial charge in [-0.1, -0.05) is 6.07 Å². The third-order valence-corrected chi connectivity index (χ3v) is 4.82. The molecule has 3 amide bonds. The number of hydrazine groups is 1. The predicted molar refractivity (Wildman–Crippen MR) is 135 cm³/mol. The van der Waals surface area contributed by atoms with Crippen LogP contribution in [0.4, 0.5) is 9.59 Å². The first-order chi connectivity index (χ1) is 18.1. The topological polar surface area (TPSA) is 176 Å². The number of ether oxygens (including phenoxy) is 5. The Morgan fingerprint density at radius 3 is 2.08 bits per heavy atom. The standard InChI is InChI=1S/C25H36N4O10/c1-24(2,3)38-18(30)15-35-21(20(32)37-22(33)27-26)36-17-9-7-8-16(14-17)19(31)28-10-12-29(13-11-28)23(34)39-25(4,5)6/h7-9,14,21H,10-13,15,26H2,1-6H3,(H,27,33). The van der Waals surface area contributed by atoms with Crippen LogP contribution >= 0.6 is 0 Å². The van der Waals surface area contributed by atoms with E-state index in [4.69, 9.17) is 24.8 Å². The van der Waals surface area contributed by atoms with Gasteiger partial charge in [0.1, 0.15) is 23.6 Å². The first-order valence-corrected chi connectivity index (χ1v) is 12.2. The smallest absolute Gasteiger partial charge is 0.429 e. The van der Waals surface area contributed by atoms with Gasteiger partial charge in [-0.05, 0) is 59.7 Å². The first-order valence-electron chi connectivity index (χ1n) is 12.2. The number of rotatable bonds is 7. The molecule has 2 rings (SSSR count). The molecule has 1 aromatic rings. The quantitative estimate of drug-likeness (QED) is 0.0955. The van der Waals surface area contributed by atoms with Crippen molar-refractivity contribution in [3.8, 4) is 5.75 Å². The van der Waals surface area contributed by atoms with Crippen LogP contribution in [0.25, 0.3) is 0 Å². The number of piperazine rings is 1. The maximum Gasteiger partial charge on any atom is 0.429 e. The molecule has 1 atom stereocenters. The highest BCUT2D eigenvalue weighted by molar-refractivity contribution is 5.95. The number of amides is 3. The van der Waals surface area contributed by atoms with E-state index in [1.165, 1.54) is 23.1 Å². The summed E-state index contributed by atoms with van der Waals surface area (Å²) >= 11 is 0. The lowest BCUT2D eigenvalue weighted by molar-refractivity contribution is -0.181. The van der Waals surface area contributed by atoms with Crippen molar-refractivity contribution < 1.29 is 47.7 Å². The molecular formula is C25H36N4O10. The summed E-state index contributed by atoms with van der Waals surface area (Å²) in [6.45, 7) is 10.8. The van der Waals surface area contributed by atoms with Gasteiger partial charge in [-0.15, -0.1) is 0 Å². The summed E-state index contributed by atoms with van der Waals surface area (Å²) in [5.74, 6) is 2.54. The number of benzene rings is 1. The molecule has 1 aliphatic heterocycles. The molecule has 0 bridgehead atoms. The molecular weight excluding hydrogens is 516 g/mol. The van der Waals surface area contributed by atoms with Gasteiger partial charge in [0.05, 0.1) is 0 Å². The number of hydrogen-bond acceptors (Lipinski definition) is 11. The number of nitrogens with two attached hydrogens (primary N) is 1. The lowest BCUT2D eigenvalue weighted by atomic mass is 10.1. The van der Waals surface area contributed by atoms with Crippen molar-refractivity contribution in [2.45, 2.75) is 59.0 Å². The van der Waals surface area contributed by atoms with E-state index < -0.39 is 48.2 Å². The Bertz CT molecular complexity index is 1060. The van der Waals surface area contributed by atoms with E-state index in [0.29, 0.717) is 13.1 Å². The SMILES string of the molecule is CC(C)(C)OC(=O)COC(Oc1cccc(C(=O)N2CCN(C(=O)OC(C)(C)C)CC2)c1)C(=O)OC(=O)NN. The number of carbonyl (C=O) groups excluding carboxylic acids is 5. The Hall–Kier alpha value is -3.91. The third kappa shape index (κ3) is 10.8. The Morgan fingerprint density at radius 2 is 1.51 bits per heavy atom. The van der Waals surface area contributed by atoms with Crippen LogP contribution in [0, 0.1) is 0 Å². The summed E-state index contributed by atoms with van der Waals surface area (Å²) in [5, 5.41) is 0. The summed E-state index contributed by atoms with van der Waals surface area (Å²) in [5.41, 5.74) is 0.431. The van der Waals surface area contributed by atoms with Crippen LogP contribution < -0.4 is 16.0 Å². The largest absolute Gasteiger partial charge is 0.458 e. The molecule has 0 aromatic heterocycles. The molecule has 0 aliphatic carbocycles. The van der Waals surface area contributed by atoms with Gasteiger partial charge in [-0.3, -0.25) is 10.2 Å². The van der Waals surface area contributed by atoms with E-state index in [0.717, 1.165) is 0 Å². The zero-order chi connectivity index (χ0) is 29.4. The van der Waals surface area contributed by atoms with E-state index in [1.807, 2.05) is 0 Å². The highest BCUT2D eigenvalue weighted by Gasteiger charge is 2.30. The molecule has 0 radical (unpaired) electrons. The molecule has 1 heterocycles. The molecule has 0 saturated carbocycles. The van der Waals surface area contributed by atoms with Crippen molar-refractivity contribution >= 4 is 30.0 Å². The molecule has 3 N–H and O–H groups in total. The fourth-order valence-corrected chi connectivity index (χ4v) is 3.26. The average Bonchev–Trinajstić information content (AvgIpc) is 2.84. The second-order valence-electron chi connectivity index (χ2n) is 10.5. The number of nitrogens with one attached hydrogen (secondary N) is 1. The first kappa shape index (κ1) is 31.3. The molecule has 14 nitrogen and oxygen atoms in total. The highest BCUT2D eigenvalue weighted by atomic mass is 16.7. The molecule has 0 spiro atoms. The third-order valence-electron chi connectivity index (χ3n) is 4.82. The molecule has 1 fully saturated rings. The minimum Gasteiger partial charge on any atom is -0.458 e. The number of hydrogen-bond donors (Lipinski definition) is 2. The van der Waals surface area contributed by atoms with E-state index in [1.54, 1.807) is 57.9 Å². The van der Waals surface area contributed by atoms with Gasteiger partial charge in [0, 0.05) is 31.7 Å². The van der Waals surface area contributed by atoms with E-state index in [-0.39, 0.29) is 30.3 Å². The lowest BCUT2D eigenvalue weighted by Crippen LogP contribution is -2.51. The minimum absolute atomic E-state index is 0.0209. The Balaban J connectivity index is 2.07. The van der Waals surface area contributed by atoms with Crippen molar-refractivity contribution in [3.05, 3.63) is 29.8 Å². The Labute approximate surface area is 226 Å². The highest BCUT2D eigenvalue weighted by Crippen LogP contribution is 2.19. The van der Waals surface area contributed by atoms with Crippen LogP contribution in [0.1, 0.15) is 51.9 Å². The van der Waals surface area contributed by atoms with Gasteiger partial charge < -0.3 is 33.5 Å². The average molecular weight is 553 g/mol. The Morgan fingerprint density at radius 1 is 0.923 bits per heavy atom. The van der Waals surface area contributed by atoms with Crippen molar-refractivity contribution in [1.29, 1.82) is 0 Å². The molecule has 1 saturated heterocycles. The molecule has 1 aromatic carbocycles. The zero-order valence-corrected chi connectivity index (χ0v) is 23.0. The van der Waals surface area contributed by atoms with Gasteiger partial charge in [-0.25, -0.2) is 25.0 Å². The van der Waals surface area contributed by atoms with Crippen molar-refractivity contribution in [2.75, 3.05) is 32.8 Å². The van der Waals surface area contributed by atoms with Crippen LogP contribution in [0.5, 0.6) is 5.75 Å². The molecule has 216 valence electrons.